The Bertz CT molecular complexity index is 547. The fourth-order valence-electron chi connectivity index (χ4n) is 2.12. The Hall–Kier alpha value is -0.820. The first-order chi connectivity index (χ1) is 8.89. The van der Waals surface area contributed by atoms with Crippen LogP contribution in [-0.2, 0) is 9.84 Å². The monoisotopic (exact) mass is 303 g/mol. The van der Waals surface area contributed by atoms with Crippen molar-refractivity contribution in [3.8, 4) is 0 Å². The number of anilines is 2. The van der Waals surface area contributed by atoms with Crippen molar-refractivity contribution in [1.29, 1.82) is 0 Å². The summed E-state index contributed by atoms with van der Waals surface area (Å²) < 4.78 is 29.1. The molecular formula is C12H21N3O2S2. The van der Waals surface area contributed by atoms with Gasteiger partial charge in [0.05, 0.1) is 5.25 Å². The number of aromatic nitrogens is 1. The molecule has 5 nitrogen and oxygen atoms in total. The molecule has 1 aromatic rings. The highest BCUT2D eigenvalue weighted by molar-refractivity contribution is 7.92. The number of hydrogen-bond donors (Lipinski definition) is 1. The van der Waals surface area contributed by atoms with E-state index in [1.165, 1.54) is 11.5 Å². The Balaban J connectivity index is 2.47. The maximum absolute atomic E-state index is 12.5. The number of nitrogen functional groups attached to an aromatic ring is 1. The van der Waals surface area contributed by atoms with Crippen molar-refractivity contribution in [3.63, 3.8) is 0 Å². The van der Waals surface area contributed by atoms with E-state index in [-0.39, 0.29) is 22.0 Å². The zero-order valence-electron chi connectivity index (χ0n) is 11.6. The highest BCUT2D eigenvalue weighted by atomic mass is 32.2. The SMILES string of the molecule is CCCN(c1snc(N)c1S(=O)(=O)C1CC1)C(C)C. The predicted molar refractivity (Wildman–Crippen MR) is 79.5 cm³/mol. The van der Waals surface area contributed by atoms with E-state index in [9.17, 15) is 8.42 Å². The summed E-state index contributed by atoms with van der Waals surface area (Å²) in [5.74, 6) is 0.161. The molecule has 108 valence electrons. The number of nitrogens with two attached hydrogens (primary N) is 1. The van der Waals surface area contributed by atoms with Crippen molar-refractivity contribution in [1.82, 2.24) is 4.37 Å². The Morgan fingerprint density at radius 2 is 2.11 bits per heavy atom. The average molecular weight is 303 g/mol. The van der Waals surface area contributed by atoms with Gasteiger partial charge in [0, 0.05) is 12.6 Å². The molecule has 1 aliphatic carbocycles. The molecular weight excluding hydrogens is 282 g/mol. The first kappa shape index (κ1) is 14.6. The molecule has 19 heavy (non-hydrogen) atoms. The lowest BCUT2D eigenvalue weighted by Gasteiger charge is -2.27. The molecule has 1 fully saturated rings. The van der Waals surface area contributed by atoms with E-state index in [2.05, 4.69) is 30.0 Å². The molecule has 7 heteroatoms. The Kier molecular flexibility index (Phi) is 4.06. The van der Waals surface area contributed by atoms with Crippen LogP contribution in [0.15, 0.2) is 4.90 Å². The van der Waals surface area contributed by atoms with Crippen LogP contribution in [0.2, 0.25) is 0 Å². The van der Waals surface area contributed by atoms with Crippen molar-refractivity contribution in [3.05, 3.63) is 0 Å². The van der Waals surface area contributed by atoms with Gasteiger partial charge in [-0.2, -0.15) is 4.37 Å². The molecule has 0 bridgehead atoms. The van der Waals surface area contributed by atoms with Crippen LogP contribution in [0, 0.1) is 0 Å². The number of sulfone groups is 1. The zero-order chi connectivity index (χ0) is 14.2. The van der Waals surface area contributed by atoms with Crippen LogP contribution in [0.1, 0.15) is 40.0 Å². The molecule has 1 heterocycles. The van der Waals surface area contributed by atoms with Crippen molar-refractivity contribution >= 4 is 32.2 Å². The molecule has 0 aliphatic heterocycles. The lowest BCUT2D eigenvalue weighted by molar-refractivity contribution is 0.594. The van der Waals surface area contributed by atoms with E-state index in [1.54, 1.807) is 0 Å². The van der Waals surface area contributed by atoms with Crippen LogP contribution < -0.4 is 10.6 Å². The van der Waals surface area contributed by atoms with Crippen LogP contribution in [-0.4, -0.2) is 30.6 Å². The minimum absolute atomic E-state index is 0.161. The highest BCUT2D eigenvalue weighted by Gasteiger charge is 2.41. The van der Waals surface area contributed by atoms with Crippen LogP contribution in [0.3, 0.4) is 0 Å². The Morgan fingerprint density at radius 3 is 2.58 bits per heavy atom. The quantitative estimate of drug-likeness (QED) is 0.872. The summed E-state index contributed by atoms with van der Waals surface area (Å²) in [5.41, 5.74) is 5.82. The van der Waals surface area contributed by atoms with Crippen molar-refractivity contribution in [2.75, 3.05) is 17.2 Å². The maximum atomic E-state index is 12.5. The second kappa shape index (κ2) is 5.28. The second-order valence-electron chi connectivity index (χ2n) is 5.23. The highest BCUT2D eigenvalue weighted by Crippen LogP contribution is 2.43. The minimum Gasteiger partial charge on any atom is -0.382 e. The van der Waals surface area contributed by atoms with Gasteiger partial charge < -0.3 is 10.6 Å². The normalized spacial score (nSPS) is 16.0. The molecule has 2 rings (SSSR count). The van der Waals surface area contributed by atoms with E-state index >= 15 is 0 Å². The largest absolute Gasteiger partial charge is 0.382 e. The number of hydrogen-bond acceptors (Lipinski definition) is 6. The summed E-state index contributed by atoms with van der Waals surface area (Å²) in [6, 6.07) is 0.230. The summed E-state index contributed by atoms with van der Waals surface area (Å²) in [6.45, 7) is 7.00. The Morgan fingerprint density at radius 1 is 1.47 bits per heavy atom. The van der Waals surface area contributed by atoms with Gasteiger partial charge in [-0.3, -0.25) is 0 Å². The van der Waals surface area contributed by atoms with Crippen LogP contribution in [0.4, 0.5) is 10.8 Å². The molecule has 0 radical (unpaired) electrons. The van der Waals surface area contributed by atoms with Gasteiger partial charge in [-0.05, 0) is 44.6 Å². The Labute approximate surface area is 118 Å². The summed E-state index contributed by atoms with van der Waals surface area (Å²) >= 11 is 1.20. The number of rotatable bonds is 6. The molecule has 2 N–H and O–H groups in total. The standard InChI is InChI=1S/C12H21N3O2S2/c1-4-7-15(8(2)3)12-10(11(13)14-18-12)19(16,17)9-5-6-9/h8-9H,4-7H2,1-3H3,(H2,13,14). The predicted octanol–water partition coefficient (Wildman–Crippen LogP) is 2.29. The summed E-state index contributed by atoms with van der Waals surface area (Å²) in [4.78, 5) is 2.35. The van der Waals surface area contributed by atoms with Gasteiger partial charge in [-0.1, -0.05) is 6.92 Å². The van der Waals surface area contributed by atoms with Gasteiger partial charge in [-0.25, -0.2) is 8.42 Å². The van der Waals surface area contributed by atoms with Crippen molar-refractivity contribution < 1.29 is 8.42 Å². The van der Waals surface area contributed by atoms with Gasteiger partial charge in [0.15, 0.2) is 15.7 Å². The third-order valence-electron chi connectivity index (χ3n) is 3.25. The van der Waals surface area contributed by atoms with Gasteiger partial charge in [0.25, 0.3) is 0 Å². The molecule has 0 aromatic carbocycles. The summed E-state index contributed by atoms with van der Waals surface area (Å²) in [5, 5.41) is 0.460. The lowest BCUT2D eigenvalue weighted by atomic mass is 10.3. The first-order valence-corrected chi connectivity index (χ1v) is 8.97. The molecule has 1 aromatic heterocycles. The fraction of sp³-hybridized carbons (Fsp3) is 0.750. The van der Waals surface area contributed by atoms with E-state index in [0.717, 1.165) is 25.8 Å². The third-order valence-corrected chi connectivity index (χ3v) is 6.60. The molecule has 0 saturated heterocycles. The summed E-state index contributed by atoms with van der Waals surface area (Å²) in [6.07, 6.45) is 2.44. The van der Waals surface area contributed by atoms with Gasteiger partial charge in [-0.15, -0.1) is 0 Å². The lowest BCUT2D eigenvalue weighted by Crippen LogP contribution is -2.32. The minimum atomic E-state index is -3.30. The smallest absolute Gasteiger partial charge is 0.187 e. The van der Waals surface area contributed by atoms with Gasteiger partial charge in [0.2, 0.25) is 0 Å². The van der Waals surface area contributed by atoms with E-state index in [1.807, 2.05) is 0 Å². The average Bonchev–Trinajstić information content (AvgIpc) is 3.10. The molecule has 0 amide bonds. The van der Waals surface area contributed by atoms with E-state index in [4.69, 9.17) is 5.73 Å². The van der Waals surface area contributed by atoms with Gasteiger partial charge in [0.1, 0.15) is 9.90 Å². The third kappa shape index (κ3) is 2.72. The van der Waals surface area contributed by atoms with E-state index in [0.29, 0.717) is 5.00 Å². The van der Waals surface area contributed by atoms with Crippen LogP contribution >= 0.6 is 11.5 Å². The zero-order valence-corrected chi connectivity index (χ0v) is 13.2. The molecule has 0 unspecified atom stereocenters. The molecule has 1 aliphatic rings. The summed E-state index contributed by atoms with van der Waals surface area (Å²) in [7, 11) is -3.30. The van der Waals surface area contributed by atoms with Crippen molar-refractivity contribution in [2.45, 2.75) is 56.2 Å². The number of nitrogens with zero attached hydrogens (tertiary/aromatic N) is 2. The topological polar surface area (TPSA) is 76.3 Å². The van der Waals surface area contributed by atoms with Crippen molar-refractivity contribution in [2.24, 2.45) is 0 Å². The maximum Gasteiger partial charge on any atom is 0.187 e. The van der Waals surface area contributed by atoms with Crippen LogP contribution in [0.25, 0.3) is 0 Å². The molecule has 0 spiro atoms. The second-order valence-corrected chi connectivity index (χ2v) is 8.15. The van der Waals surface area contributed by atoms with Crippen LogP contribution in [0.5, 0.6) is 0 Å². The van der Waals surface area contributed by atoms with Gasteiger partial charge >= 0.3 is 0 Å². The fourth-order valence-corrected chi connectivity index (χ4v) is 5.29. The van der Waals surface area contributed by atoms with E-state index < -0.39 is 9.84 Å². The molecule has 0 atom stereocenters. The molecule has 1 saturated carbocycles. The first-order valence-electron chi connectivity index (χ1n) is 6.65.